The Morgan fingerprint density at radius 1 is 0.317 bits per heavy atom. The van der Waals surface area contributed by atoms with E-state index in [4.69, 9.17) is 4.98 Å². The highest BCUT2D eigenvalue weighted by atomic mass is 32.1. The molecule has 0 aliphatic carbocycles. The molecule has 0 atom stereocenters. The summed E-state index contributed by atoms with van der Waals surface area (Å²) in [4.78, 5) is 7.56. The number of hydrogen-bond acceptors (Lipinski definition) is 4. The van der Waals surface area contributed by atoms with E-state index in [1.54, 1.807) is 11.3 Å². The summed E-state index contributed by atoms with van der Waals surface area (Å²) in [6.45, 7) is 0. The first-order valence-corrected chi connectivity index (χ1v) is 22.9. The average Bonchev–Trinajstić information content (AvgIpc) is 3.95. The van der Waals surface area contributed by atoms with Gasteiger partial charge in [-0.25, -0.2) is 4.98 Å². The van der Waals surface area contributed by atoms with Crippen LogP contribution in [0.1, 0.15) is 0 Å². The maximum atomic E-state index is 5.15. The van der Waals surface area contributed by atoms with Gasteiger partial charge in [-0.2, -0.15) is 0 Å². The van der Waals surface area contributed by atoms with Crippen LogP contribution in [0.2, 0.25) is 0 Å². The monoisotopic (exact) mass is 838 g/mol. The Labute approximate surface area is 374 Å². The van der Waals surface area contributed by atoms with Crippen LogP contribution >= 0.6 is 22.7 Å². The fourth-order valence-electron chi connectivity index (χ4n) is 9.00. The van der Waals surface area contributed by atoms with E-state index in [2.05, 4.69) is 235 Å². The highest BCUT2D eigenvalue weighted by Crippen LogP contribution is 2.47. The van der Waals surface area contributed by atoms with Gasteiger partial charge in [-0.1, -0.05) is 170 Å². The van der Waals surface area contributed by atoms with Crippen LogP contribution < -0.4 is 4.90 Å². The van der Waals surface area contributed by atoms with Gasteiger partial charge in [0.05, 0.1) is 10.2 Å². The smallest absolute Gasteiger partial charge is 0.124 e. The highest BCUT2D eigenvalue weighted by molar-refractivity contribution is 7.26. The second-order valence-electron chi connectivity index (χ2n) is 15.9. The number of aromatic nitrogens is 1. The van der Waals surface area contributed by atoms with Gasteiger partial charge in [-0.15, -0.1) is 22.7 Å². The number of fused-ring (bicyclic) bond motifs is 5. The lowest BCUT2D eigenvalue weighted by Gasteiger charge is -2.27. The van der Waals surface area contributed by atoms with Crippen LogP contribution in [0.3, 0.4) is 0 Å². The molecular weight excluding hydrogens is 801 g/mol. The molecule has 0 fully saturated rings. The summed E-state index contributed by atoms with van der Waals surface area (Å²) in [7, 11) is 0. The second-order valence-corrected chi connectivity index (χ2v) is 18.1. The topological polar surface area (TPSA) is 16.1 Å². The summed E-state index contributed by atoms with van der Waals surface area (Å²) >= 11 is 3.63. The van der Waals surface area contributed by atoms with Gasteiger partial charge in [-0.05, 0) is 116 Å². The number of nitrogens with zero attached hydrogens (tertiary/aromatic N) is 2. The normalized spacial score (nSPS) is 11.5. The maximum absolute atomic E-state index is 5.15. The first-order valence-electron chi connectivity index (χ1n) is 21.3. The van der Waals surface area contributed by atoms with E-state index >= 15 is 0 Å². The molecule has 63 heavy (non-hydrogen) atoms. The zero-order valence-electron chi connectivity index (χ0n) is 34.2. The van der Waals surface area contributed by atoms with Crippen molar-refractivity contribution in [1.29, 1.82) is 0 Å². The lowest BCUT2D eigenvalue weighted by molar-refractivity contribution is 1.29. The van der Waals surface area contributed by atoms with Gasteiger partial charge in [-0.3, -0.25) is 0 Å². The number of thiazole rings is 1. The molecule has 2 nitrogen and oxygen atoms in total. The van der Waals surface area contributed by atoms with Crippen LogP contribution in [0.5, 0.6) is 0 Å². The first-order chi connectivity index (χ1) is 31.2. The van der Waals surface area contributed by atoms with E-state index in [1.807, 2.05) is 11.3 Å². The molecule has 0 N–H and O–H groups in total. The molecular formula is C59H38N2S2. The molecule has 12 aromatic rings. The Morgan fingerprint density at radius 3 is 1.62 bits per heavy atom. The molecule has 0 aliphatic rings. The largest absolute Gasteiger partial charge is 0.310 e. The zero-order valence-corrected chi connectivity index (χ0v) is 35.8. The van der Waals surface area contributed by atoms with Crippen LogP contribution in [0, 0.1) is 0 Å². The van der Waals surface area contributed by atoms with Crippen LogP contribution in [0.15, 0.2) is 231 Å². The molecule has 4 heteroatoms. The summed E-state index contributed by atoms with van der Waals surface area (Å²) in [6, 6.07) is 83.7. The third-order valence-electron chi connectivity index (χ3n) is 12.1. The minimum atomic E-state index is 1.04. The molecule has 296 valence electrons. The van der Waals surface area contributed by atoms with Crippen molar-refractivity contribution >= 4 is 80.9 Å². The fourth-order valence-corrected chi connectivity index (χ4v) is 11.2. The Hall–Kier alpha value is -7.63. The number of benzene rings is 10. The molecule has 0 bridgehead atoms. The molecule has 0 unspecified atom stereocenters. The molecule has 0 saturated heterocycles. The Morgan fingerprint density at radius 2 is 0.889 bits per heavy atom. The van der Waals surface area contributed by atoms with E-state index in [0.717, 1.165) is 33.1 Å². The summed E-state index contributed by atoms with van der Waals surface area (Å²) in [5.74, 6) is 0. The van der Waals surface area contributed by atoms with Gasteiger partial charge < -0.3 is 4.90 Å². The van der Waals surface area contributed by atoms with E-state index in [1.165, 1.54) is 80.2 Å². The lowest BCUT2D eigenvalue weighted by atomic mass is 9.91. The van der Waals surface area contributed by atoms with Crippen molar-refractivity contribution in [3.8, 4) is 55.1 Å². The Kier molecular flexibility index (Phi) is 9.25. The predicted molar refractivity (Wildman–Crippen MR) is 272 cm³/mol. The van der Waals surface area contributed by atoms with Crippen molar-refractivity contribution in [1.82, 2.24) is 4.98 Å². The van der Waals surface area contributed by atoms with Gasteiger partial charge in [0.1, 0.15) is 5.01 Å². The molecule has 0 saturated carbocycles. The van der Waals surface area contributed by atoms with E-state index < -0.39 is 0 Å². The van der Waals surface area contributed by atoms with Crippen molar-refractivity contribution in [3.05, 3.63) is 231 Å². The number of rotatable bonds is 8. The summed E-state index contributed by atoms with van der Waals surface area (Å²) in [5.41, 5.74) is 15.1. The second kappa shape index (κ2) is 15.7. The molecule has 0 amide bonds. The average molecular weight is 839 g/mol. The maximum Gasteiger partial charge on any atom is 0.124 e. The Balaban J connectivity index is 1.03. The van der Waals surface area contributed by atoms with Crippen LogP contribution in [-0.4, -0.2) is 4.98 Å². The molecule has 0 radical (unpaired) electrons. The van der Waals surface area contributed by atoms with Crippen LogP contribution in [0.4, 0.5) is 17.1 Å². The zero-order chi connectivity index (χ0) is 41.7. The summed E-state index contributed by atoms with van der Waals surface area (Å²) < 4.78 is 3.77. The number of thiophene rings is 1. The standard InChI is InChI=1S/C59H38N2S2/c1-5-14-39(15-6-1)41-26-29-47(30-27-41)61(48-31-28-45-34-44(24-25-46(45)35-48)40-16-7-2-8-17-40)49-32-33-50(52(36-49)42-18-9-3-10-19-42)51-22-13-23-55-58(51)53-37-54-57(38-56(53)62-55)63-59(60-54)43-20-11-4-12-21-43/h1-38H. The van der Waals surface area contributed by atoms with Gasteiger partial charge in [0.25, 0.3) is 0 Å². The molecule has 12 rings (SSSR count). The van der Waals surface area contributed by atoms with Gasteiger partial charge in [0.15, 0.2) is 0 Å². The van der Waals surface area contributed by atoms with Crippen molar-refractivity contribution in [2.45, 2.75) is 0 Å². The first kappa shape index (κ1) is 37.2. The van der Waals surface area contributed by atoms with Crippen molar-refractivity contribution in [2.75, 3.05) is 4.90 Å². The minimum absolute atomic E-state index is 1.04. The van der Waals surface area contributed by atoms with Gasteiger partial charge >= 0.3 is 0 Å². The number of hydrogen-bond donors (Lipinski definition) is 0. The van der Waals surface area contributed by atoms with Crippen LogP contribution in [-0.2, 0) is 0 Å². The predicted octanol–water partition coefficient (Wildman–Crippen LogP) is 17.6. The van der Waals surface area contributed by atoms with Gasteiger partial charge in [0, 0.05) is 42.8 Å². The summed E-state index contributed by atoms with van der Waals surface area (Å²) in [6.07, 6.45) is 0. The SMILES string of the molecule is c1ccc(-c2ccc(N(c3ccc(-c4cccc5sc6cc7sc(-c8ccccc8)nc7cc6c45)c(-c4ccccc4)c3)c3ccc4cc(-c5ccccc5)ccc4c3)cc2)cc1. The molecule has 10 aromatic carbocycles. The minimum Gasteiger partial charge on any atom is -0.310 e. The third kappa shape index (κ3) is 6.87. The molecule has 2 aromatic heterocycles. The highest BCUT2D eigenvalue weighted by Gasteiger charge is 2.20. The molecule has 0 spiro atoms. The third-order valence-corrected chi connectivity index (χ3v) is 14.3. The molecule has 2 heterocycles. The van der Waals surface area contributed by atoms with Crippen LogP contribution in [0.25, 0.3) is 96.2 Å². The number of anilines is 3. The van der Waals surface area contributed by atoms with E-state index in [0.29, 0.717) is 0 Å². The molecule has 0 aliphatic heterocycles. The Bertz CT molecular complexity index is 3600. The van der Waals surface area contributed by atoms with Crippen molar-refractivity contribution < 1.29 is 0 Å². The lowest BCUT2D eigenvalue weighted by Crippen LogP contribution is -2.10. The van der Waals surface area contributed by atoms with Crippen molar-refractivity contribution in [3.63, 3.8) is 0 Å². The summed E-state index contributed by atoms with van der Waals surface area (Å²) in [5, 5.41) is 5.98. The van der Waals surface area contributed by atoms with E-state index in [-0.39, 0.29) is 0 Å². The van der Waals surface area contributed by atoms with Gasteiger partial charge in [0.2, 0.25) is 0 Å². The quantitative estimate of drug-likeness (QED) is 0.152. The fraction of sp³-hybridized carbons (Fsp3) is 0. The van der Waals surface area contributed by atoms with E-state index in [9.17, 15) is 0 Å². The van der Waals surface area contributed by atoms with Crippen molar-refractivity contribution in [2.24, 2.45) is 0 Å².